The lowest BCUT2D eigenvalue weighted by Gasteiger charge is -2.22. The van der Waals surface area contributed by atoms with Crippen LogP contribution in [0.4, 0.5) is 9.59 Å². The predicted molar refractivity (Wildman–Crippen MR) is 95.2 cm³/mol. The highest BCUT2D eigenvalue weighted by atomic mass is 16.6. The van der Waals surface area contributed by atoms with Crippen LogP contribution in [0.15, 0.2) is 0 Å². The Morgan fingerprint density at radius 1 is 0.875 bits per heavy atom. The molecule has 24 heavy (non-hydrogen) atoms. The summed E-state index contributed by atoms with van der Waals surface area (Å²) in [7, 11) is 0. The van der Waals surface area contributed by atoms with E-state index in [1.807, 2.05) is 48.5 Å². The number of alkyl carbamates (subject to hydrolysis) is 2. The summed E-state index contributed by atoms with van der Waals surface area (Å²) in [6.07, 6.45) is 0.834. The van der Waals surface area contributed by atoms with Gasteiger partial charge in [0.05, 0.1) is 0 Å². The van der Waals surface area contributed by atoms with Crippen molar-refractivity contribution in [3.05, 3.63) is 0 Å². The molecule has 142 valence electrons. The third-order valence-corrected chi connectivity index (χ3v) is 2.72. The lowest BCUT2D eigenvalue weighted by Crippen LogP contribution is -2.39. The number of carbonyl (C=O) groups excluding carboxylic acids is 2. The molecule has 0 heterocycles. The normalized spacial score (nSPS) is 13.1. The molecule has 0 radical (unpaired) electrons. The fourth-order valence-corrected chi connectivity index (χ4v) is 1.74. The Balaban J connectivity index is 3.59. The van der Waals surface area contributed by atoms with E-state index in [0.717, 1.165) is 25.9 Å². The molecule has 7 heteroatoms. The molecule has 0 aromatic carbocycles. The molecule has 0 aliphatic rings. The van der Waals surface area contributed by atoms with Gasteiger partial charge in [-0.2, -0.15) is 0 Å². The lowest BCUT2D eigenvalue weighted by molar-refractivity contribution is 0.0502. The summed E-state index contributed by atoms with van der Waals surface area (Å²) in [6, 6.07) is 0.0345. The van der Waals surface area contributed by atoms with Gasteiger partial charge < -0.3 is 25.4 Å². The molecule has 0 saturated carbocycles. The van der Waals surface area contributed by atoms with Gasteiger partial charge in [0, 0.05) is 12.6 Å². The SMILES string of the molecule is CC(CCNCCCNC(=O)OC(C)(C)C)NC(=O)OC(C)(C)C. The first-order valence-corrected chi connectivity index (χ1v) is 8.56. The van der Waals surface area contributed by atoms with Gasteiger partial charge in [0.25, 0.3) is 0 Å². The van der Waals surface area contributed by atoms with Crippen LogP contribution < -0.4 is 16.0 Å². The summed E-state index contributed by atoms with van der Waals surface area (Å²) in [6.45, 7) is 15.1. The minimum Gasteiger partial charge on any atom is -0.444 e. The van der Waals surface area contributed by atoms with Crippen LogP contribution in [0, 0.1) is 0 Å². The number of ether oxygens (including phenoxy) is 2. The predicted octanol–water partition coefficient (Wildman–Crippen LogP) is 2.79. The zero-order valence-electron chi connectivity index (χ0n) is 16.2. The summed E-state index contributed by atoms with van der Waals surface area (Å²) in [4.78, 5) is 23.0. The van der Waals surface area contributed by atoms with E-state index in [4.69, 9.17) is 9.47 Å². The highest BCUT2D eigenvalue weighted by Crippen LogP contribution is 2.07. The van der Waals surface area contributed by atoms with Crippen LogP contribution in [0.3, 0.4) is 0 Å². The van der Waals surface area contributed by atoms with Gasteiger partial charge in [0.15, 0.2) is 0 Å². The number of hydrogen-bond donors (Lipinski definition) is 3. The molecule has 3 N–H and O–H groups in total. The first-order chi connectivity index (χ1) is 10.9. The van der Waals surface area contributed by atoms with Gasteiger partial charge >= 0.3 is 12.2 Å². The molecule has 0 aliphatic carbocycles. The maximum absolute atomic E-state index is 11.6. The van der Waals surface area contributed by atoms with Crippen molar-refractivity contribution in [2.24, 2.45) is 0 Å². The molecular formula is C17H35N3O4. The van der Waals surface area contributed by atoms with Gasteiger partial charge in [0.2, 0.25) is 0 Å². The molecule has 7 nitrogen and oxygen atoms in total. The van der Waals surface area contributed by atoms with E-state index in [2.05, 4.69) is 16.0 Å². The topological polar surface area (TPSA) is 88.7 Å². The highest BCUT2D eigenvalue weighted by Gasteiger charge is 2.17. The zero-order valence-corrected chi connectivity index (χ0v) is 16.2. The van der Waals surface area contributed by atoms with Gasteiger partial charge in [-0.3, -0.25) is 0 Å². The van der Waals surface area contributed by atoms with Crippen molar-refractivity contribution < 1.29 is 19.1 Å². The zero-order chi connectivity index (χ0) is 18.8. The summed E-state index contributed by atoms with van der Waals surface area (Å²) in [5.74, 6) is 0. The minimum absolute atomic E-state index is 0.0345. The van der Waals surface area contributed by atoms with E-state index in [-0.39, 0.29) is 6.04 Å². The van der Waals surface area contributed by atoms with Gasteiger partial charge in [-0.1, -0.05) is 0 Å². The molecule has 2 amide bonds. The molecule has 0 spiro atoms. The second kappa shape index (κ2) is 10.4. The molecular weight excluding hydrogens is 310 g/mol. The van der Waals surface area contributed by atoms with Crippen molar-refractivity contribution in [1.29, 1.82) is 0 Å². The van der Waals surface area contributed by atoms with Crippen LogP contribution in [0.5, 0.6) is 0 Å². The van der Waals surface area contributed by atoms with Crippen LogP contribution in [0.25, 0.3) is 0 Å². The number of hydrogen-bond acceptors (Lipinski definition) is 5. The quantitative estimate of drug-likeness (QED) is 0.589. The standard InChI is InChI=1S/C17H35N3O4/c1-13(20-15(22)24-17(5,6)7)9-12-18-10-8-11-19-14(21)23-16(2,3)4/h13,18H,8-12H2,1-7H3,(H,19,21)(H,20,22). The van der Waals surface area contributed by atoms with Gasteiger partial charge in [-0.05, 0) is 74.4 Å². The molecule has 0 saturated heterocycles. The van der Waals surface area contributed by atoms with Crippen LogP contribution in [0.1, 0.15) is 61.3 Å². The Morgan fingerprint density at radius 2 is 1.42 bits per heavy atom. The first-order valence-electron chi connectivity index (χ1n) is 8.56. The molecule has 0 fully saturated rings. The molecule has 1 atom stereocenters. The second-order valence-corrected chi connectivity index (χ2v) is 7.87. The van der Waals surface area contributed by atoms with E-state index in [9.17, 15) is 9.59 Å². The third-order valence-electron chi connectivity index (χ3n) is 2.72. The lowest BCUT2D eigenvalue weighted by atomic mass is 10.2. The number of amides is 2. The third kappa shape index (κ3) is 15.4. The number of rotatable bonds is 8. The minimum atomic E-state index is -0.483. The maximum Gasteiger partial charge on any atom is 0.407 e. The van der Waals surface area contributed by atoms with Gasteiger partial charge in [0.1, 0.15) is 11.2 Å². The van der Waals surface area contributed by atoms with Crippen LogP contribution in [-0.4, -0.2) is 49.1 Å². The summed E-state index contributed by atoms with van der Waals surface area (Å²) >= 11 is 0. The Bertz CT molecular complexity index is 386. The molecule has 0 bridgehead atoms. The van der Waals surface area contributed by atoms with Gasteiger partial charge in [-0.25, -0.2) is 9.59 Å². The summed E-state index contributed by atoms with van der Waals surface area (Å²) in [5, 5.41) is 8.79. The molecule has 0 aromatic rings. The Kier molecular flexibility index (Phi) is 9.73. The Morgan fingerprint density at radius 3 is 1.96 bits per heavy atom. The van der Waals surface area contributed by atoms with Crippen molar-refractivity contribution >= 4 is 12.2 Å². The molecule has 1 unspecified atom stereocenters. The Hall–Kier alpha value is -1.50. The van der Waals surface area contributed by atoms with Crippen molar-refractivity contribution in [2.45, 2.75) is 78.6 Å². The van der Waals surface area contributed by atoms with E-state index in [1.165, 1.54) is 0 Å². The van der Waals surface area contributed by atoms with Crippen molar-refractivity contribution in [2.75, 3.05) is 19.6 Å². The second-order valence-electron chi connectivity index (χ2n) is 7.87. The summed E-state index contributed by atoms with van der Waals surface area (Å²) < 4.78 is 10.3. The van der Waals surface area contributed by atoms with Crippen molar-refractivity contribution in [1.82, 2.24) is 16.0 Å². The van der Waals surface area contributed by atoms with Crippen molar-refractivity contribution in [3.8, 4) is 0 Å². The first kappa shape index (κ1) is 22.5. The fourth-order valence-electron chi connectivity index (χ4n) is 1.74. The van der Waals surface area contributed by atoms with Crippen LogP contribution in [-0.2, 0) is 9.47 Å². The monoisotopic (exact) mass is 345 g/mol. The van der Waals surface area contributed by atoms with Gasteiger partial charge in [-0.15, -0.1) is 0 Å². The molecule has 0 aromatic heterocycles. The van der Waals surface area contributed by atoms with Crippen LogP contribution >= 0.6 is 0 Å². The number of carbonyl (C=O) groups is 2. The van der Waals surface area contributed by atoms with E-state index < -0.39 is 23.4 Å². The summed E-state index contributed by atoms with van der Waals surface area (Å²) in [5.41, 5.74) is -0.956. The van der Waals surface area contributed by atoms with E-state index >= 15 is 0 Å². The average molecular weight is 345 g/mol. The highest BCUT2D eigenvalue weighted by molar-refractivity contribution is 5.68. The average Bonchev–Trinajstić information content (AvgIpc) is 2.32. The smallest absolute Gasteiger partial charge is 0.407 e. The number of nitrogens with one attached hydrogen (secondary N) is 3. The molecule has 0 rings (SSSR count). The fraction of sp³-hybridized carbons (Fsp3) is 0.882. The maximum atomic E-state index is 11.6. The van der Waals surface area contributed by atoms with E-state index in [0.29, 0.717) is 6.54 Å². The largest absolute Gasteiger partial charge is 0.444 e. The van der Waals surface area contributed by atoms with Crippen molar-refractivity contribution in [3.63, 3.8) is 0 Å². The Labute approximate surface area is 146 Å². The molecule has 0 aliphatic heterocycles. The van der Waals surface area contributed by atoms with Crippen LogP contribution in [0.2, 0.25) is 0 Å². The van der Waals surface area contributed by atoms with E-state index in [1.54, 1.807) is 0 Å².